The van der Waals surface area contributed by atoms with Gasteiger partial charge in [0, 0.05) is 29.8 Å². The van der Waals surface area contributed by atoms with Crippen molar-refractivity contribution in [2.24, 2.45) is 0 Å². The first-order valence-electron chi connectivity index (χ1n) is 10.3. The van der Waals surface area contributed by atoms with Crippen LogP contribution in [0.5, 0.6) is 0 Å². The van der Waals surface area contributed by atoms with E-state index in [9.17, 15) is 4.79 Å². The summed E-state index contributed by atoms with van der Waals surface area (Å²) >= 11 is 23.9. The second-order valence-corrected chi connectivity index (χ2v) is 9.09. The van der Waals surface area contributed by atoms with Crippen LogP contribution in [0, 0.1) is 0 Å². The fourth-order valence-electron chi connectivity index (χ4n) is 3.62. The molecule has 170 valence electrons. The van der Waals surface area contributed by atoms with Gasteiger partial charge < -0.3 is 14.6 Å². The molecular formula is C24H20Cl3N3O2S. The van der Waals surface area contributed by atoms with Crippen LogP contribution in [0.4, 0.5) is 11.4 Å². The Bertz CT molecular complexity index is 1220. The molecule has 2 aromatic carbocycles. The fraction of sp³-hybridized carbons (Fsp3) is 0.167. The summed E-state index contributed by atoms with van der Waals surface area (Å²) in [5, 5.41) is 7.58. The van der Waals surface area contributed by atoms with Crippen LogP contribution in [0.2, 0.25) is 15.1 Å². The van der Waals surface area contributed by atoms with Crippen LogP contribution in [0.1, 0.15) is 18.6 Å². The first-order valence-corrected chi connectivity index (χ1v) is 11.8. The minimum absolute atomic E-state index is 0.181. The van der Waals surface area contributed by atoms with Crippen molar-refractivity contribution in [1.82, 2.24) is 5.32 Å². The molecule has 4 rings (SSSR count). The van der Waals surface area contributed by atoms with E-state index in [4.69, 9.17) is 51.4 Å². The topological polar surface area (TPSA) is 57.5 Å². The summed E-state index contributed by atoms with van der Waals surface area (Å²) in [5.74, 6) is 0.681. The first-order chi connectivity index (χ1) is 15.9. The van der Waals surface area contributed by atoms with Crippen molar-refractivity contribution in [2.45, 2.75) is 12.8 Å². The summed E-state index contributed by atoms with van der Waals surface area (Å²) in [6.07, 6.45) is 5.14. The SMILES string of the molecule is O=C(C=Cc1ccc(-c2ccc(Cl)cc2Cl)o1)NC(=S)Nc1cccc(Cl)c1N1CCCC1. The van der Waals surface area contributed by atoms with E-state index in [2.05, 4.69) is 15.5 Å². The number of nitrogens with zero attached hydrogens (tertiary/aromatic N) is 1. The van der Waals surface area contributed by atoms with Gasteiger partial charge in [-0.05, 0) is 73.6 Å². The number of halogens is 3. The van der Waals surface area contributed by atoms with E-state index < -0.39 is 0 Å². The highest BCUT2D eigenvalue weighted by atomic mass is 35.5. The number of anilines is 2. The van der Waals surface area contributed by atoms with Gasteiger partial charge in [0.15, 0.2) is 5.11 Å². The molecule has 0 atom stereocenters. The van der Waals surface area contributed by atoms with Crippen LogP contribution in [-0.2, 0) is 4.79 Å². The van der Waals surface area contributed by atoms with Gasteiger partial charge in [0.25, 0.3) is 0 Å². The van der Waals surface area contributed by atoms with E-state index in [-0.39, 0.29) is 11.0 Å². The maximum atomic E-state index is 12.4. The van der Waals surface area contributed by atoms with Crippen molar-refractivity contribution in [3.63, 3.8) is 0 Å². The largest absolute Gasteiger partial charge is 0.457 e. The smallest absolute Gasteiger partial charge is 0.250 e. The zero-order chi connectivity index (χ0) is 23.4. The first kappa shape index (κ1) is 23.6. The zero-order valence-corrected chi connectivity index (χ0v) is 20.5. The Morgan fingerprint density at radius 1 is 1.03 bits per heavy atom. The Hall–Kier alpha value is -2.51. The van der Waals surface area contributed by atoms with Gasteiger partial charge in [0.1, 0.15) is 11.5 Å². The second kappa shape index (κ2) is 10.6. The molecule has 1 aromatic heterocycles. The Labute approximate surface area is 212 Å². The summed E-state index contributed by atoms with van der Waals surface area (Å²) < 4.78 is 5.76. The summed E-state index contributed by atoms with van der Waals surface area (Å²) in [6.45, 7) is 1.87. The van der Waals surface area contributed by atoms with Gasteiger partial charge in [-0.1, -0.05) is 40.9 Å². The number of rotatable bonds is 5. The lowest BCUT2D eigenvalue weighted by molar-refractivity contribution is -0.115. The summed E-state index contributed by atoms with van der Waals surface area (Å²) in [6, 6.07) is 14.3. The molecule has 0 aliphatic carbocycles. The number of hydrogen-bond acceptors (Lipinski definition) is 4. The molecule has 9 heteroatoms. The van der Waals surface area contributed by atoms with Crippen molar-refractivity contribution in [2.75, 3.05) is 23.3 Å². The standard InChI is InChI=1S/C24H20Cl3N3O2S/c25-15-6-9-17(19(27)14-15)21-10-7-16(32-21)8-11-22(31)29-24(33)28-20-5-3-4-18(26)23(20)30-12-1-2-13-30/h3-11,14H,1-2,12-13H2,(H2,28,29,31,33). The number of benzene rings is 2. The summed E-state index contributed by atoms with van der Waals surface area (Å²) in [7, 11) is 0. The number of furan rings is 1. The highest BCUT2D eigenvalue weighted by Gasteiger charge is 2.19. The van der Waals surface area contributed by atoms with Crippen molar-refractivity contribution >= 4 is 75.5 Å². The van der Waals surface area contributed by atoms with E-state index in [1.54, 1.807) is 36.4 Å². The van der Waals surface area contributed by atoms with Crippen LogP contribution in [-0.4, -0.2) is 24.1 Å². The number of carbonyl (C=O) groups is 1. The lowest BCUT2D eigenvalue weighted by Crippen LogP contribution is -2.33. The van der Waals surface area contributed by atoms with Crippen molar-refractivity contribution in [1.29, 1.82) is 0 Å². The summed E-state index contributed by atoms with van der Waals surface area (Å²) in [4.78, 5) is 14.6. The minimum atomic E-state index is -0.389. The predicted molar refractivity (Wildman–Crippen MR) is 140 cm³/mol. The third-order valence-electron chi connectivity index (χ3n) is 5.12. The molecule has 0 bridgehead atoms. The summed E-state index contributed by atoms with van der Waals surface area (Å²) in [5.41, 5.74) is 2.37. The maximum Gasteiger partial charge on any atom is 0.250 e. The van der Waals surface area contributed by atoms with Crippen LogP contribution >= 0.6 is 47.0 Å². The maximum absolute atomic E-state index is 12.4. The normalized spacial score (nSPS) is 13.5. The molecule has 1 aliphatic heterocycles. The number of thiocarbonyl (C=S) groups is 1. The highest BCUT2D eigenvalue weighted by molar-refractivity contribution is 7.80. The van der Waals surface area contributed by atoms with Crippen molar-refractivity contribution < 1.29 is 9.21 Å². The van der Waals surface area contributed by atoms with E-state index in [0.717, 1.165) is 37.3 Å². The number of nitrogens with one attached hydrogen (secondary N) is 2. The van der Waals surface area contributed by atoms with Crippen molar-refractivity contribution in [3.8, 4) is 11.3 Å². The molecule has 5 nitrogen and oxygen atoms in total. The van der Waals surface area contributed by atoms with E-state index in [0.29, 0.717) is 32.2 Å². The van der Waals surface area contributed by atoms with Gasteiger partial charge in [-0.2, -0.15) is 0 Å². The molecular weight excluding hydrogens is 501 g/mol. The average Bonchev–Trinajstić information content (AvgIpc) is 3.45. The number of hydrogen-bond donors (Lipinski definition) is 2. The number of amides is 1. The van der Waals surface area contributed by atoms with Gasteiger partial charge in [-0.15, -0.1) is 0 Å². The van der Waals surface area contributed by atoms with Gasteiger partial charge in [-0.25, -0.2) is 0 Å². The van der Waals surface area contributed by atoms with Gasteiger partial charge in [0.2, 0.25) is 5.91 Å². The molecule has 1 aliphatic rings. The lowest BCUT2D eigenvalue weighted by Gasteiger charge is -2.23. The van der Waals surface area contributed by atoms with Gasteiger partial charge in [-0.3, -0.25) is 10.1 Å². The molecule has 0 saturated carbocycles. The number of carbonyl (C=O) groups excluding carboxylic acids is 1. The lowest BCUT2D eigenvalue weighted by atomic mass is 10.2. The Morgan fingerprint density at radius 2 is 1.82 bits per heavy atom. The quantitative estimate of drug-likeness (QED) is 0.279. The van der Waals surface area contributed by atoms with E-state index in [1.807, 2.05) is 18.2 Å². The molecule has 3 aromatic rings. The van der Waals surface area contributed by atoms with Crippen LogP contribution in [0.25, 0.3) is 17.4 Å². The highest BCUT2D eigenvalue weighted by Crippen LogP contribution is 2.36. The molecule has 1 fully saturated rings. The van der Waals surface area contributed by atoms with Crippen LogP contribution in [0.15, 0.2) is 59.0 Å². The Morgan fingerprint density at radius 3 is 2.58 bits per heavy atom. The molecule has 0 radical (unpaired) electrons. The van der Waals surface area contributed by atoms with Crippen LogP contribution < -0.4 is 15.5 Å². The third-order valence-corrected chi connectivity index (χ3v) is 6.17. The zero-order valence-electron chi connectivity index (χ0n) is 17.4. The van der Waals surface area contributed by atoms with E-state index in [1.165, 1.54) is 6.08 Å². The number of para-hydroxylation sites is 1. The van der Waals surface area contributed by atoms with Gasteiger partial charge >= 0.3 is 0 Å². The predicted octanol–water partition coefficient (Wildman–Crippen LogP) is 7.03. The Kier molecular flexibility index (Phi) is 7.60. The average molecular weight is 521 g/mol. The molecule has 1 saturated heterocycles. The molecule has 0 spiro atoms. The van der Waals surface area contributed by atoms with Gasteiger partial charge in [0.05, 0.1) is 21.4 Å². The monoisotopic (exact) mass is 519 g/mol. The second-order valence-electron chi connectivity index (χ2n) is 7.43. The minimum Gasteiger partial charge on any atom is -0.457 e. The molecule has 33 heavy (non-hydrogen) atoms. The fourth-order valence-corrected chi connectivity index (χ4v) is 4.63. The van der Waals surface area contributed by atoms with E-state index >= 15 is 0 Å². The van der Waals surface area contributed by atoms with Crippen LogP contribution in [0.3, 0.4) is 0 Å². The molecule has 2 N–H and O–H groups in total. The molecule has 1 amide bonds. The molecule has 0 unspecified atom stereocenters. The third kappa shape index (κ3) is 5.89. The Balaban J connectivity index is 1.38. The molecule has 2 heterocycles. The van der Waals surface area contributed by atoms with Crippen molar-refractivity contribution in [3.05, 3.63) is 75.4 Å².